The summed E-state index contributed by atoms with van der Waals surface area (Å²) in [5, 5.41) is 16.8. The number of primary amides is 1. The van der Waals surface area contributed by atoms with Crippen LogP contribution in [0.3, 0.4) is 0 Å². The van der Waals surface area contributed by atoms with E-state index in [1.54, 1.807) is 10.9 Å². The number of nitrogens with one attached hydrogen (secondary N) is 1. The molecule has 3 N–H and O–H groups in total. The number of carbonyl (C=O) groups is 2. The van der Waals surface area contributed by atoms with Crippen molar-refractivity contribution in [1.29, 1.82) is 5.26 Å². The molecule has 2 aliphatic rings. The van der Waals surface area contributed by atoms with Gasteiger partial charge < -0.3 is 11.1 Å². The van der Waals surface area contributed by atoms with Crippen LogP contribution in [0.2, 0.25) is 0 Å². The first kappa shape index (κ1) is 24.5. The number of aryl methyl sites for hydroxylation is 1. The number of hydrogen-bond acceptors (Lipinski definition) is 5. The Morgan fingerprint density at radius 2 is 1.91 bits per heavy atom. The van der Waals surface area contributed by atoms with E-state index in [0.29, 0.717) is 0 Å². The van der Waals surface area contributed by atoms with Crippen molar-refractivity contribution in [3.05, 3.63) is 47.2 Å². The van der Waals surface area contributed by atoms with Crippen LogP contribution in [-0.4, -0.2) is 39.6 Å². The maximum atomic E-state index is 12.2. The van der Waals surface area contributed by atoms with E-state index < -0.39 is 11.4 Å². The first-order valence-electron chi connectivity index (χ1n) is 11.8. The topological polar surface area (TPSA) is 117 Å². The van der Waals surface area contributed by atoms with E-state index in [2.05, 4.69) is 46.5 Å². The van der Waals surface area contributed by atoms with Gasteiger partial charge in [-0.15, -0.1) is 0 Å². The highest BCUT2D eigenvalue weighted by Gasteiger charge is 2.39. The minimum absolute atomic E-state index is 0.0105. The normalized spacial score (nSPS) is 17.4. The number of piperidine rings is 1. The van der Waals surface area contributed by atoms with Crippen molar-refractivity contribution < 1.29 is 9.59 Å². The van der Waals surface area contributed by atoms with Crippen LogP contribution in [0.25, 0.3) is 0 Å². The first-order valence-corrected chi connectivity index (χ1v) is 11.8. The molecule has 176 valence electrons. The third kappa shape index (κ3) is 5.60. The number of rotatable bonds is 7. The van der Waals surface area contributed by atoms with Gasteiger partial charge in [0, 0.05) is 31.7 Å². The average Bonchev–Trinajstić information content (AvgIpc) is 3.58. The number of nitrogens with zero attached hydrogens (tertiary/aromatic N) is 4. The van der Waals surface area contributed by atoms with E-state index in [9.17, 15) is 14.9 Å². The van der Waals surface area contributed by atoms with Crippen LogP contribution in [0.5, 0.6) is 0 Å². The zero-order chi connectivity index (χ0) is 24.0. The van der Waals surface area contributed by atoms with Gasteiger partial charge in [-0.2, -0.15) is 10.4 Å². The third-order valence-corrected chi connectivity index (χ3v) is 6.51. The first-order chi connectivity index (χ1) is 15.9. The van der Waals surface area contributed by atoms with Crippen LogP contribution in [0, 0.1) is 24.2 Å². The van der Waals surface area contributed by atoms with Crippen molar-refractivity contribution in [2.24, 2.45) is 11.7 Å². The summed E-state index contributed by atoms with van der Waals surface area (Å²) in [6.45, 7) is 8.60. The molecule has 1 aliphatic heterocycles. The number of amides is 2. The largest absolute Gasteiger partial charge is 0.365 e. The molecule has 8 heteroatoms. The smallest absolute Gasteiger partial charge is 0.254 e. The average molecular weight is 451 g/mol. The fourth-order valence-electron chi connectivity index (χ4n) is 4.24. The van der Waals surface area contributed by atoms with Crippen molar-refractivity contribution in [3.8, 4) is 6.07 Å². The Hall–Kier alpha value is -3.18. The van der Waals surface area contributed by atoms with Crippen molar-refractivity contribution >= 4 is 17.6 Å². The van der Waals surface area contributed by atoms with Gasteiger partial charge in [-0.25, -0.2) is 0 Å². The molecular weight excluding hydrogens is 416 g/mol. The number of anilines is 1. The molecule has 1 saturated carbocycles. The summed E-state index contributed by atoms with van der Waals surface area (Å²) in [5.74, 6) is -0.579. The molecule has 33 heavy (non-hydrogen) atoms. The van der Waals surface area contributed by atoms with Crippen LogP contribution in [0.4, 0.5) is 5.82 Å². The molecule has 4 rings (SSSR count). The third-order valence-electron chi connectivity index (χ3n) is 6.51. The number of aromatic nitrogens is 2. The quantitative estimate of drug-likeness (QED) is 0.669. The Morgan fingerprint density at radius 3 is 2.48 bits per heavy atom. The van der Waals surface area contributed by atoms with Crippen molar-refractivity contribution in [2.75, 3.05) is 18.4 Å². The highest BCUT2D eigenvalue weighted by molar-refractivity contribution is 6.02. The van der Waals surface area contributed by atoms with Gasteiger partial charge in [-0.3, -0.25) is 19.2 Å². The highest BCUT2D eigenvalue weighted by Crippen LogP contribution is 2.36. The zero-order valence-corrected chi connectivity index (χ0v) is 19.8. The van der Waals surface area contributed by atoms with Crippen molar-refractivity contribution in [1.82, 2.24) is 14.7 Å². The molecule has 2 aromatic rings. The Labute approximate surface area is 195 Å². The predicted octanol–water partition coefficient (Wildman–Crippen LogP) is 3.57. The Kier molecular flexibility index (Phi) is 7.88. The molecule has 0 radical (unpaired) electrons. The van der Waals surface area contributed by atoms with E-state index in [-0.39, 0.29) is 29.6 Å². The monoisotopic (exact) mass is 450 g/mol. The lowest BCUT2D eigenvalue weighted by Gasteiger charge is -2.41. The van der Waals surface area contributed by atoms with Gasteiger partial charge in [0.25, 0.3) is 5.91 Å². The van der Waals surface area contributed by atoms with Crippen LogP contribution in [0.1, 0.15) is 67.4 Å². The second kappa shape index (κ2) is 10.6. The summed E-state index contributed by atoms with van der Waals surface area (Å²) in [5.41, 5.74) is 7.78. The van der Waals surface area contributed by atoms with Crippen LogP contribution in [0.15, 0.2) is 30.5 Å². The lowest BCUT2D eigenvalue weighted by atomic mass is 9.84. The Bertz CT molecular complexity index is 1030. The van der Waals surface area contributed by atoms with Gasteiger partial charge in [0.05, 0.1) is 18.0 Å². The molecule has 0 bridgehead atoms. The summed E-state index contributed by atoms with van der Waals surface area (Å²) in [4.78, 5) is 26.6. The summed E-state index contributed by atoms with van der Waals surface area (Å²) in [7, 11) is 0. The van der Waals surface area contributed by atoms with Gasteiger partial charge >= 0.3 is 0 Å². The minimum atomic E-state index is -0.638. The second-order valence-electron chi connectivity index (χ2n) is 8.73. The molecule has 1 aromatic carbocycles. The molecule has 8 nitrogen and oxygen atoms in total. The summed E-state index contributed by atoms with van der Waals surface area (Å²) < 4.78 is 1.70. The Morgan fingerprint density at radius 1 is 1.24 bits per heavy atom. The van der Waals surface area contributed by atoms with E-state index in [1.807, 2.05) is 19.9 Å². The summed E-state index contributed by atoms with van der Waals surface area (Å²) in [6.07, 6.45) is 5.03. The van der Waals surface area contributed by atoms with Crippen molar-refractivity contribution in [3.63, 3.8) is 0 Å². The van der Waals surface area contributed by atoms with Crippen LogP contribution < -0.4 is 11.1 Å². The number of carbonyl (C=O) groups excluding carboxylic acids is 2. The van der Waals surface area contributed by atoms with Gasteiger partial charge in [0.2, 0.25) is 5.91 Å². The zero-order valence-electron chi connectivity index (χ0n) is 19.8. The fourth-order valence-corrected chi connectivity index (χ4v) is 4.24. The van der Waals surface area contributed by atoms with E-state index in [1.165, 1.54) is 11.1 Å². The van der Waals surface area contributed by atoms with E-state index in [4.69, 9.17) is 5.73 Å². The molecule has 2 fully saturated rings. The van der Waals surface area contributed by atoms with Crippen molar-refractivity contribution in [2.45, 2.75) is 65.0 Å². The summed E-state index contributed by atoms with van der Waals surface area (Å²) in [6, 6.07) is 10.7. The van der Waals surface area contributed by atoms with E-state index in [0.717, 1.165) is 45.3 Å². The number of benzene rings is 1. The van der Waals surface area contributed by atoms with Gasteiger partial charge in [0.15, 0.2) is 5.82 Å². The molecule has 0 atom stereocenters. The van der Waals surface area contributed by atoms with Crippen LogP contribution in [-0.2, 0) is 16.9 Å². The maximum Gasteiger partial charge on any atom is 0.254 e. The molecule has 1 aliphatic carbocycles. The highest BCUT2D eigenvalue weighted by atomic mass is 16.2. The maximum absolute atomic E-state index is 12.2. The van der Waals surface area contributed by atoms with E-state index >= 15 is 0 Å². The number of nitriles is 1. The minimum Gasteiger partial charge on any atom is -0.365 e. The fraction of sp³-hybridized carbons (Fsp3) is 0.520. The predicted molar refractivity (Wildman–Crippen MR) is 127 cm³/mol. The number of nitrogens with two attached hydrogens (primary N) is 1. The molecule has 0 unspecified atom stereocenters. The molecule has 2 amide bonds. The molecular formula is C25H34N6O2. The lowest BCUT2D eigenvalue weighted by Crippen LogP contribution is -2.46. The molecule has 0 spiro atoms. The van der Waals surface area contributed by atoms with Gasteiger partial charge in [-0.05, 0) is 43.7 Å². The standard InChI is InChI=1S/C23H28N6O2.C2H6/c1-16-4-2-3-5-18(16)14-28-12-9-23(8-11-24,10-13-28)29-15-19(20(25)30)21(27-29)26-22(31)17-6-7-17;1-2/h2-5,15,17H,6-10,12-14H2,1H3,(H2,25,30)(H,26,27,31);1-2H3. The molecule has 2 heterocycles. The van der Waals surface area contributed by atoms with Gasteiger partial charge in [0.1, 0.15) is 5.56 Å². The number of hydrogen-bond donors (Lipinski definition) is 2. The summed E-state index contributed by atoms with van der Waals surface area (Å²) >= 11 is 0. The lowest BCUT2D eigenvalue weighted by molar-refractivity contribution is -0.117. The number of likely N-dealkylation sites (tertiary alicyclic amines) is 1. The molecule has 1 aromatic heterocycles. The second-order valence-corrected chi connectivity index (χ2v) is 8.73. The van der Waals surface area contributed by atoms with Gasteiger partial charge in [-0.1, -0.05) is 38.1 Å². The molecule has 1 saturated heterocycles. The SMILES string of the molecule is CC.Cc1ccccc1CN1CCC(CC#N)(n2cc(C(N)=O)c(NC(=O)C3CC3)n2)CC1. The Balaban J connectivity index is 0.00000149. The van der Waals surface area contributed by atoms with Crippen LogP contribution >= 0.6 is 0 Å².